The molecule has 0 saturated heterocycles. The predicted molar refractivity (Wildman–Crippen MR) is 164 cm³/mol. The molecule has 0 aliphatic heterocycles. The number of aryl methyl sites for hydroxylation is 2. The van der Waals surface area contributed by atoms with Crippen molar-refractivity contribution in [2.45, 2.75) is 156 Å². The molecule has 1 heteroatoms. The van der Waals surface area contributed by atoms with Crippen molar-refractivity contribution < 1.29 is 4.74 Å². The lowest BCUT2D eigenvalue weighted by Crippen LogP contribution is -2.03. The maximum atomic E-state index is 6.89. The summed E-state index contributed by atoms with van der Waals surface area (Å²) in [4.78, 5) is 0. The quantitative estimate of drug-likeness (QED) is 0.144. The van der Waals surface area contributed by atoms with Crippen LogP contribution >= 0.6 is 0 Å². The van der Waals surface area contributed by atoms with Gasteiger partial charge in [-0.1, -0.05) is 129 Å². The van der Waals surface area contributed by atoms with Crippen molar-refractivity contribution in [2.75, 3.05) is 0 Å². The van der Waals surface area contributed by atoms with Crippen molar-refractivity contribution in [3.05, 3.63) is 58.7 Å². The second-order valence-electron chi connectivity index (χ2n) is 11.1. The van der Waals surface area contributed by atoms with Crippen molar-refractivity contribution in [3.8, 4) is 11.5 Å². The Balaban J connectivity index is 2.29. The Hall–Kier alpha value is -1.76. The molecule has 2 rings (SSSR count). The van der Waals surface area contributed by atoms with Crippen LogP contribution in [0.25, 0.3) is 0 Å². The summed E-state index contributed by atoms with van der Waals surface area (Å²) in [5.41, 5.74) is 5.98. The molecule has 0 amide bonds. The highest BCUT2D eigenvalue weighted by molar-refractivity contribution is 5.47. The SMILES string of the molecule is CCCCCCc1cccc(Oc2cccc(CCCCCC)c2CCCCCC)c1CCCCCC. The van der Waals surface area contributed by atoms with Crippen molar-refractivity contribution in [1.82, 2.24) is 0 Å². The van der Waals surface area contributed by atoms with Gasteiger partial charge in [-0.15, -0.1) is 0 Å². The average Bonchev–Trinajstić information content (AvgIpc) is 2.91. The van der Waals surface area contributed by atoms with Crippen LogP contribution < -0.4 is 4.74 Å². The Morgan fingerprint density at radius 1 is 0.405 bits per heavy atom. The Kier molecular flexibility index (Phi) is 17.2. The molecule has 0 N–H and O–H groups in total. The van der Waals surface area contributed by atoms with Crippen LogP contribution in [-0.4, -0.2) is 0 Å². The lowest BCUT2D eigenvalue weighted by Gasteiger charge is -2.19. The van der Waals surface area contributed by atoms with Gasteiger partial charge in [-0.2, -0.15) is 0 Å². The first kappa shape index (κ1) is 31.5. The fraction of sp³-hybridized carbons (Fsp3) is 0.667. The highest BCUT2D eigenvalue weighted by atomic mass is 16.5. The standard InChI is InChI=1S/C36H58O/c1-5-9-13-17-23-31-25-21-29-35(33(31)27-19-15-11-7-3)37-36-30-22-26-32(24-18-14-10-6-2)34(36)28-20-16-12-8-4/h21-22,25-26,29-30H,5-20,23-24,27-28H2,1-4H3. The van der Waals surface area contributed by atoms with Crippen LogP contribution in [-0.2, 0) is 25.7 Å². The summed E-state index contributed by atoms with van der Waals surface area (Å²) in [5, 5.41) is 0. The van der Waals surface area contributed by atoms with Gasteiger partial charge in [0, 0.05) is 0 Å². The van der Waals surface area contributed by atoms with E-state index in [-0.39, 0.29) is 0 Å². The minimum atomic E-state index is 1.11. The topological polar surface area (TPSA) is 9.23 Å². The Labute approximate surface area is 230 Å². The summed E-state index contributed by atoms with van der Waals surface area (Å²) in [7, 11) is 0. The zero-order chi connectivity index (χ0) is 26.6. The second kappa shape index (κ2) is 20.2. The third-order valence-electron chi connectivity index (χ3n) is 7.84. The van der Waals surface area contributed by atoms with E-state index in [2.05, 4.69) is 64.1 Å². The first-order chi connectivity index (χ1) is 18.2. The molecule has 2 aromatic carbocycles. The molecule has 0 radical (unpaired) electrons. The number of hydrogen-bond donors (Lipinski definition) is 0. The van der Waals surface area contributed by atoms with E-state index in [0.29, 0.717) is 0 Å². The normalized spacial score (nSPS) is 11.2. The summed E-state index contributed by atoms with van der Waals surface area (Å²) in [6.45, 7) is 9.19. The number of benzene rings is 2. The maximum absolute atomic E-state index is 6.89. The molecule has 0 unspecified atom stereocenters. The average molecular weight is 507 g/mol. The number of ether oxygens (including phenoxy) is 1. The molecule has 0 bridgehead atoms. The van der Waals surface area contributed by atoms with Crippen molar-refractivity contribution >= 4 is 0 Å². The van der Waals surface area contributed by atoms with Gasteiger partial charge in [0.25, 0.3) is 0 Å². The van der Waals surface area contributed by atoms with E-state index in [1.165, 1.54) is 138 Å². The fourth-order valence-corrected chi connectivity index (χ4v) is 5.51. The Morgan fingerprint density at radius 2 is 0.757 bits per heavy atom. The van der Waals surface area contributed by atoms with E-state index in [4.69, 9.17) is 4.74 Å². The summed E-state index contributed by atoms with van der Waals surface area (Å²) >= 11 is 0. The number of hydrogen-bond acceptors (Lipinski definition) is 1. The molecule has 0 aromatic heterocycles. The molecule has 0 aliphatic rings. The molecular formula is C36H58O. The van der Waals surface area contributed by atoms with Crippen molar-refractivity contribution in [1.29, 1.82) is 0 Å². The summed E-state index contributed by atoms with van der Waals surface area (Å²) < 4.78 is 6.89. The molecule has 37 heavy (non-hydrogen) atoms. The molecule has 1 nitrogen and oxygen atoms in total. The van der Waals surface area contributed by atoms with Crippen molar-refractivity contribution in [3.63, 3.8) is 0 Å². The van der Waals surface area contributed by atoms with Crippen LogP contribution in [0.3, 0.4) is 0 Å². The summed E-state index contributed by atoms with van der Waals surface area (Å²) in [6, 6.07) is 13.7. The lowest BCUT2D eigenvalue weighted by molar-refractivity contribution is 0.463. The molecule has 208 valence electrons. The predicted octanol–water partition coefficient (Wildman–Crippen LogP) is 12.0. The van der Waals surface area contributed by atoms with E-state index in [1.807, 2.05) is 0 Å². The zero-order valence-electron chi connectivity index (χ0n) is 25.0. The van der Waals surface area contributed by atoms with Crippen LogP contribution in [0.4, 0.5) is 0 Å². The first-order valence-corrected chi connectivity index (χ1v) is 16.1. The smallest absolute Gasteiger partial charge is 0.130 e. The third kappa shape index (κ3) is 12.1. The minimum Gasteiger partial charge on any atom is -0.457 e. The third-order valence-corrected chi connectivity index (χ3v) is 7.84. The Morgan fingerprint density at radius 3 is 1.11 bits per heavy atom. The van der Waals surface area contributed by atoms with Crippen LogP contribution in [0.5, 0.6) is 11.5 Å². The minimum absolute atomic E-state index is 1.11. The van der Waals surface area contributed by atoms with Gasteiger partial charge in [-0.25, -0.2) is 0 Å². The van der Waals surface area contributed by atoms with E-state index in [0.717, 1.165) is 24.3 Å². The monoisotopic (exact) mass is 506 g/mol. The van der Waals surface area contributed by atoms with E-state index < -0.39 is 0 Å². The maximum Gasteiger partial charge on any atom is 0.130 e. The summed E-state index contributed by atoms with van der Waals surface area (Å²) in [5.74, 6) is 2.23. The van der Waals surface area contributed by atoms with E-state index in [9.17, 15) is 0 Å². The summed E-state index contributed by atoms with van der Waals surface area (Å²) in [6.07, 6.45) is 25.5. The van der Waals surface area contributed by atoms with Gasteiger partial charge in [0.05, 0.1) is 0 Å². The fourth-order valence-electron chi connectivity index (χ4n) is 5.51. The molecule has 2 aromatic rings. The van der Waals surface area contributed by atoms with Gasteiger partial charge >= 0.3 is 0 Å². The second-order valence-corrected chi connectivity index (χ2v) is 11.1. The van der Waals surface area contributed by atoms with Gasteiger partial charge in [-0.05, 0) is 85.8 Å². The number of rotatable bonds is 22. The zero-order valence-corrected chi connectivity index (χ0v) is 25.0. The van der Waals surface area contributed by atoms with Gasteiger partial charge < -0.3 is 4.74 Å². The molecule has 0 heterocycles. The van der Waals surface area contributed by atoms with E-state index in [1.54, 1.807) is 0 Å². The lowest BCUT2D eigenvalue weighted by atomic mass is 9.94. The Bertz CT molecular complexity index is 767. The van der Waals surface area contributed by atoms with Crippen molar-refractivity contribution in [2.24, 2.45) is 0 Å². The van der Waals surface area contributed by atoms with Gasteiger partial charge in [0.2, 0.25) is 0 Å². The van der Waals surface area contributed by atoms with Gasteiger partial charge in [0.1, 0.15) is 11.5 Å². The highest BCUT2D eigenvalue weighted by Gasteiger charge is 2.15. The van der Waals surface area contributed by atoms with Gasteiger partial charge in [0.15, 0.2) is 0 Å². The van der Waals surface area contributed by atoms with Crippen LogP contribution in [0.1, 0.15) is 153 Å². The van der Waals surface area contributed by atoms with Gasteiger partial charge in [-0.3, -0.25) is 0 Å². The van der Waals surface area contributed by atoms with Crippen LogP contribution in [0.15, 0.2) is 36.4 Å². The molecule has 0 saturated carbocycles. The largest absolute Gasteiger partial charge is 0.457 e. The first-order valence-electron chi connectivity index (χ1n) is 16.1. The molecular weight excluding hydrogens is 448 g/mol. The van der Waals surface area contributed by atoms with E-state index >= 15 is 0 Å². The van der Waals surface area contributed by atoms with Crippen LogP contribution in [0, 0.1) is 0 Å². The molecule has 0 fully saturated rings. The van der Waals surface area contributed by atoms with Crippen LogP contribution in [0.2, 0.25) is 0 Å². The molecule has 0 aliphatic carbocycles. The molecule has 0 spiro atoms. The molecule has 0 atom stereocenters. The number of unbranched alkanes of at least 4 members (excludes halogenated alkanes) is 12. The highest BCUT2D eigenvalue weighted by Crippen LogP contribution is 2.34.